The van der Waals surface area contributed by atoms with Gasteiger partial charge >= 0.3 is 0 Å². The van der Waals surface area contributed by atoms with Crippen molar-refractivity contribution in [2.24, 2.45) is 5.10 Å². The van der Waals surface area contributed by atoms with Gasteiger partial charge < -0.3 is 9.47 Å². The van der Waals surface area contributed by atoms with E-state index in [2.05, 4.69) is 10.5 Å². The Kier molecular flexibility index (Phi) is 6.67. The number of para-hydroxylation sites is 1. The largest absolute Gasteiger partial charge is 0.493 e. The Bertz CT molecular complexity index is 790. The third-order valence-corrected chi connectivity index (χ3v) is 3.33. The summed E-state index contributed by atoms with van der Waals surface area (Å²) in [6, 6.07) is 12.8. The molecule has 136 valence electrons. The van der Waals surface area contributed by atoms with Crippen molar-refractivity contribution in [1.29, 1.82) is 0 Å². The van der Waals surface area contributed by atoms with Crippen molar-refractivity contribution >= 4 is 17.8 Å². The van der Waals surface area contributed by atoms with Crippen LogP contribution in [0.2, 0.25) is 0 Å². The monoisotopic (exact) mass is 357 g/mol. The number of amides is 1. The van der Waals surface area contributed by atoms with Gasteiger partial charge in [0.15, 0.2) is 6.10 Å². The molecule has 0 aromatic heterocycles. The van der Waals surface area contributed by atoms with Gasteiger partial charge in [0.1, 0.15) is 11.5 Å². The number of nitrogens with one attached hydrogen (secondary N) is 1. The zero-order chi connectivity index (χ0) is 18.9. The van der Waals surface area contributed by atoms with Crippen molar-refractivity contribution in [3.8, 4) is 11.5 Å². The first-order chi connectivity index (χ1) is 12.5. The minimum absolute atomic E-state index is 0.0491. The molecule has 0 bridgehead atoms. The van der Waals surface area contributed by atoms with E-state index in [4.69, 9.17) is 9.47 Å². The molecule has 0 unspecified atom stereocenters. The lowest BCUT2D eigenvalue weighted by Crippen LogP contribution is -2.33. The summed E-state index contributed by atoms with van der Waals surface area (Å²) in [4.78, 5) is 22.1. The first-order valence-electron chi connectivity index (χ1n) is 7.97. The molecule has 2 aromatic rings. The van der Waals surface area contributed by atoms with Gasteiger partial charge in [0, 0.05) is 17.7 Å². The van der Waals surface area contributed by atoms with E-state index in [1.807, 2.05) is 31.2 Å². The van der Waals surface area contributed by atoms with E-state index >= 15 is 0 Å². The number of carbonyl (C=O) groups excluding carboxylic acids is 1. The second kappa shape index (κ2) is 9.16. The highest BCUT2D eigenvalue weighted by Crippen LogP contribution is 2.18. The van der Waals surface area contributed by atoms with Crippen molar-refractivity contribution in [2.45, 2.75) is 20.0 Å². The average molecular weight is 357 g/mol. The zero-order valence-electron chi connectivity index (χ0n) is 14.4. The fourth-order valence-electron chi connectivity index (χ4n) is 2.03. The van der Waals surface area contributed by atoms with E-state index in [1.54, 1.807) is 6.92 Å². The van der Waals surface area contributed by atoms with Gasteiger partial charge in [0.2, 0.25) is 0 Å². The third-order valence-electron chi connectivity index (χ3n) is 3.33. The number of ether oxygens (including phenoxy) is 2. The molecule has 0 aliphatic heterocycles. The number of hydrazone groups is 1. The molecule has 0 spiro atoms. The summed E-state index contributed by atoms with van der Waals surface area (Å²) in [5.74, 6) is 0.570. The van der Waals surface area contributed by atoms with E-state index in [-0.39, 0.29) is 5.69 Å². The van der Waals surface area contributed by atoms with Gasteiger partial charge in [-0.05, 0) is 38.1 Å². The zero-order valence-corrected chi connectivity index (χ0v) is 14.4. The van der Waals surface area contributed by atoms with Gasteiger partial charge in [-0.1, -0.05) is 12.1 Å². The summed E-state index contributed by atoms with van der Waals surface area (Å²) in [7, 11) is 0. The van der Waals surface area contributed by atoms with Crippen LogP contribution < -0.4 is 14.9 Å². The maximum atomic E-state index is 12.0. The van der Waals surface area contributed by atoms with Crippen LogP contribution in [0.3, 0.4) is 0 Å². The van der Waals surface area contributed by atoms with Crippen LogP contribution in [-0.4, -0.2) is 29.8 Å². The Labute approximate surface area is 150 Å². The van der Waals surface area contributed by atoms with E-state index in [0.717, 1.165) is 5.56 Å². The van der Waals surface area contributed by atoms with Crippen LogP contribution in [0.5, 0.6) is 11.5 Å². The lowest BCUT2D eigenvalue weighted by molar-refractivity contribution is -0.384. The molecule has 0 fully saturated rings. The molecule has 8 nitrogen and oxygen atoms in total. The predicted octanol–water partition coefficient (Wildman–Crippen LogP) is 2.91. The smallest absolute Gasteiger partial charge is 0.280 e. The molecule has 0 saturated heterocycles. The molecule has 0 aliphatic carbocycles. The predicted molar refractivity (Wildman–Crippen MR) is 96.5 cm³/mol. The van der Waals surface area contributed by atoms with E-state index < -0.39 is 16.9 Å². The number of hydrogen-bond donors (Lipinski definition) is 1. The molecule has 2 rings (SSSR count). The summed E-state index contributed by atoms with van der Waals surface area (Å²) in [5.41, 5.74) is 3.08. The second-order valence-corrected chi connectivity index (χ2v) is 5.22. The molecule has 0 aliphatic rings. The summed E-state index contributed by atoms with van der Waals surface area (Å²) in [5, 5.41) is 14.5. The van der Waals surface area contributed by atoms with Crippen molar-refractivity contribution < 1.29 is 19.2 Å². The van der Waals surface area contributed by atoms with Crippen molar-refractivity contribution in [2.75, 3.05) is 6.61 Å². The Morgan fingerprint density at radius 2 is 1.96 bits per heavy atom. The van der Waals surface area contributed by atoms with Crippen LogP contribution in [0.4, 0.5) is 5.69 Å². The normalized spacial score (nSPS) is 11.8. The molecular formula is C18H19N3O5. The average Bonchev–Trinajstić information content (AvgIpc) is 2.63. The van der Waals surface area contributed by atoms with Gasteiger partial charge in [-0.25, -0.2) is 5.43 Å². The number of hydrogen-bond acceptors (Lipinski definition) is 6. The first kappa shape index (κ1) is 18.9. The summed E-state index contributed by atoms with van der Waals surface area (Å²) in [6.45, 7) is 3.96. The SMILES string of the molecule is CCOc1ccccc1/C=N\NC(=O)[C@H](C)Oc1ccc([N+](=O)[O-])cc1. The van der Waals surface area contributed by atoms with Crippen molar-refractivity contribution in [3.63, 3.8) is 0 Å². The van der Waals surface area contributed by atoms with Crippen LogP contribution in [0.15, 0.2) is 53.6 Å². The summed E-state index contributed by atoms with van der Waals surface area (Å²) in [6.07, 6.45) is 0.664. The molecule has 26 heavy (non-hydrogen) atoms. The molecule has 1 N–H and O–H groups in total. The number of carbonyl (C=O) groups is 1. The molecular weight excluding hydrogens is 338 g/mol. The standard InChI is InChI=1S/C18H19N3O5/c1-3-25-17-7-5-4-6-14(17)12-19-20-18(22)13(2)26-16-10-8-15(9-11-16)21(23)24/h4-13H,3H2,1-2H3,(H,20,22)/b19-12-/t13-/m0/s1. The molecule has 8 heteroatoms. The first-order valence-corrected chi connectivity index (χ1v) is 7.97. The van der Waals surface area contributed by atoms with Crippen molar-refractivity contribution in [3.05, 3.63) is 64.2 Å². The minimum Gasteiger partial charge on any atom is -0.493 e. The van der Waals surface area contributed by atoms with Gasteiger partial charge in [-0.3, -0.25) is 14.9 Å². The van der Waals surface area contributed by atoms with Crippen LogP contribution in [0, 0.1) is 10.1 Å². The van der Waals surface area contributed by atoms with Crippen LogP contribution >= 0.6 is 0 Å². The molecule has 0 radical (unpaired) electrons. The van der Waals surface area contributed by atoms with Crippen LogP contribution in [-0.2, 0) is 4.79 Å². The number of non-ortho nitro benzene ring substituents is 1. The van der Waals surface area contributed by atoms with Gasteiger partial charge in [0.05, 0.1) is 17.7 Å². The van der Waals surface area contributed by atoms with Gasteiger partial charge in [-0.2, -0.15) is 5.10 Å². The van der Waals surface area contributed by atoms with Crippen LogP contribution in [0.25, 0.3) is 0 Å². The highest BCUT2D eigenvalue weighted by Gasteiger charge is 2.14. The number of nitro groups is 1. The maximum Gasteiger partial charge on any atom is 0.280 e. The Morgan fingerprint density at radius 1 is 1.27 bits per heavy atom. The topological polar surface area (TPSA) is 103 Å². The van der Waals surface area contributed by atoms with E-state index in [0.29, 0.717) is 18.1 Å². The van der Waals surface area contributed by atoms with Crippen LogP contribution in [0.1, 0.15) is 19.4 Å². The molecule has 0 heterocycles. The summed E-state index contributed by atoms with van der Waals surface area (Å²) < 4.78 is 10.9. The highest BCUT2D eigenvalue weighted by molar-refractivity contribution is 5.86. The Morgan fingerprint density at radius 3 is 2.62 bits per heavy atom. The molecule has 0 saturated carbocycles. The van der Waals surface area contributed by atoms with E-state index in [9.17, 15) is 14.9 Å². The maximum absolute atomic E-state index is 12.0. The fraction of sp³-hybridized carbons (Fsp3) is 0.222. The van der Waals surface area contributed by atoms with Crippen molar-refractivity contribution in [1.82, 2.24) is 5.43 Å². The van der Waals surface area contributed by atoms with Gasteiger partial charge in [0.25, 0.3) is 11.6 Å². The number of benzene rings is 2. The third kappa shape index (κ3) is 5.30. The molecule has 1 atom stereocenters. The summed E-state index contributed by atoms with van der Waals surface area (Å²) >= 11 is 0. The number of nitro benzene ring substituents is 1. The lowest BCUT2D eigenvalue weighted by Gasteiger charge is -2.12. The number of rotatable bonds is 8. The Hall–Kier alpha value is -3.42. The minimum atomic E-state index is -0.823. The lowest BCUT2D eigenvalue weighted by atomic mass is 10.2. The highest BCUT2D eigenvalue weighted by atomic mass is 16.6. The van der Waals surface area contributed by atoms with Gasteiger partial charge in [-0.15, -0.1) is 0 Å². The fourth-order valence-corrected chi connectivity index (χ4v) is 2.03. The molecule has 1 amide bonds. The quantitative estimate of drug-likeness (QED) is 0.444. The number of nitrogens with zero attached hydrogens (tertiary/aromatic N) is 2. The Balaban J connectivity index is 1.91. The second-order valence-electron chi connectivity index (χ2n) is 5.22. The van der Waals surface area contributed by atoms with E-state index in [1.165, 1.54) is 30.5 Å². The molecule has 2 aromatic carbocycles.